The average molecular weight is 410 g/mol. The Bertz CT molecular complexity index is 847. The van der Waals surface area contributed by atoms with E-state index in [1.807, 2.05) is 47.4 Å². The number of carbonyl (C=O) groups excluding carboxylic acids is 1. The Morgan fingerprint density at radius 2 is 1.90 bits per heavy atom. The van der Waals surface area contributed by atoms with Gasteiger partial charge in [-0.3, -0.25) is 14.7 Å². The third-order valence-corrected chi connectivity index (χ3v) is 6.13. The number of aromatic nitrogens is 1. The Morgan fingerprint density at radius 3 is 2.63 bits per heavy atom. The summed E-state index contributed by atoms with van der Waals surface area (Å²) in [5.74, 6) is 1.79. The highest BCUT2D eigenvalue weighted by molar-refractivity contribution is 5.78. The minimum Gasteiger partial charge on any atom is -0.497 e. The third kappa shape index (κ3) is 4.99. The van der Waals surface area contributed by atoms with Crippen LogP contribution >= 0.6 is 0 Å². The van der Waals surface area contributed by atoms with Crippen molar-refractivity contribution in [2.24, 2.45) is 5.92 Å². The standard InChI is InChI=1S/C24H31N3O3/c1-18-10-12-27(13-11-18)24(28)17-26-14-15-30-23(16-26)22-5-3-4-21(25-22)19-6-8-20(29-2)9-7-19/h3-9,18,23H,10-17H2,1-2H3. The molecule has 2 aromatic rings. The molecule has 1 atom stereocenters. The number of rotatable bonds is 5. The molecule has 6 nitrogen and oxygen atoms in total. The van der Waals surface area contributed by atoms with Gasteiger partial charge in [-0.1, -0.05) is 13.0 Å². The Labute approximate surface area is 178 Å². The van der Waals surface area contributed by atoms with E-state index in [2.05, 4.69) is 11.8 Å². The van der Waals surface area contributed by atoms with Gasteiger partial charge in [-0.2, -0.15) is 0 Å². The molecule has 6 heteroatoms. The summed E-state index contributed by atoms with van der Waals surface area (Å²) in [6, 6.07) is 13.9. The van der Waals surface area contributed by atoms with Crippen LogP contribution in [0.4, 0.5) is 0 Å². The Balaban J connectivity index is 1.40. The van der Waals surface area contributed by atoms with Crippen LogP contribution in [0.15, 0.2) is 42.5 Å². The SMILES string of the molecule is COc1ccc(-c2cccc(C3CN(CC(=O)N4CCC(C)CC4)CCO3)n2)cc1. The monoisotopic (exact) mass is 409 g/mol. The fraction of sp³-hybridized carbons (Fsp3) is 0.500. The van der Waals surface area contributed by atoms with Gasteiger partial charge in [0.2, 0.25) is 5.91 Å². The summed E-state index contributed by atoms with van der Waals surface area (Å²) in [4.78, 5) is 21.8. The smallest absolute Gasteiger partial charge is 0.236 e. The predicted octanol–water partition coefficient (Wildman–Crippen LogP) is 3.39. The summed E-state index contributed by atoms with van der Waals surface area (Å²) < 4.78 is 11.3. The topological polar surface area (TPSA) is 54.9 Å². The van der Waals surface area contributed by atoms with Crippen LogP contribution in [0.3, 0.4) is 0 Å². The molecule has 3 heterocycles. The van der Waals surface area contributed by atoms with Crippen LogP contribution in [0.2, 0.25) is 0 Å². The molecular weight excluding hydrogens is 378 g/mol. The van der Waals surface area contributed by atoms with Gasteiger partial charge in [0.25, 0.3) is 0 Å². The first kappa shape index (κ1) is 20.8. The largest absolute Gasteiger partial charge is 0.497 e. The van der Waals surface area contributed by atoms with Crippen molar-refractivity contribution in [1.29, 1.82) is 0 Å². The number of hydrogen-bond donors (Lipinski definition) is 0. The molecule has 2 aliphatic heterocycles. The molecule has 1 aromatic heterocycles. The van der Waals surface area contributed by atoms with Gasteiger partial charge in [-0.25, -0.2) is 0 Å². The molecule has 160 valence electrons. The minimum atomic E-state index is -0.119. The van der Waals surface area contributed by atoms with E-state index in [9.17, 15) is 4.79 Å². The van der Waals surface area contributed by atoms with Crippen molar-refractivity contribution >= 4 is 5.91 Å². The van der Waals surface area contributed by atoms with E-state index in [1.54, 1.807) is 7.11 Å². The van der Waals surface area contributed by atoms with Crippen molar-refractivity contribution in [2.45, 2.75) is 25.9 Å². The van der Waals surface area contributed by atoms with E-state index >= 15 is 0 Å². The molecule has 0 N–H and O–H groups in total. The van der Waals surface area contributed by atoms with Gasteiger partial charge >= 0.3 is 0 Å². The van der Waals surface area contributed by atoms with Crippen molar-refractivity contribution in [3.63, 3.8) is 0 Å². The van der Waals surface area contributed by atoms with Crippen molar-refractivity contribution in [3.8, 4) is 17.0 Å². The van der Waals surface area contributed by atoms with E-state index in [-0.39, 0.29) is 12.0 Å². The summed E-state index contributed by atoms with van der Waals surface area (Å²) in [5, 5.41) is 0. The van der Waals surface area contributed by atoms with Gasteiger partial charge in [0.15, 0.2) is 0 Å². The van der Waals surface area contributed by atoms with Gasteiger partial charge < -0.3 is 14.4 Å². The van der Waals surface area contributed by atoms with Crippen molar-refractivity contribution in [1.82, 2.24) is 14.8 Å². The maximum atomic E-state index is 12.7. The molecule has 0 aliphatic carbocycles. The van der Waals surface area contributed by atoms with Crippen molar-refractivity contribution in [3.05, 3.63) is 48.2 Å². The van der Waals surface area contributed by atoms with Crippen LogP contribution in [0.5, 0.6) is 5.75 Å². The number of likely N-dealkylation sites (tertiary alicyclic amines) is 1. The average Bonchev–Trinajstić information content (AvgIpc) is 2.80. The lowest BCUT2D eigenvalue weighted by Crippen LogP contribution is -2.47. The summed E-state index contributed by atoms with van der Waals surface area (Å²) in [6.07, 6.45) is 2.10. The Morgan fingerprint density at radius 1 is 1.13 bits per heavy atom. The molecule has 0 spiro atoms. The molecule has 1 aromatic carbocycles. The molecule has 0 saturated carbocycles. The van der Waals surface area contributed by atoms with Crippen LogP contribution in [0.1, 0.15) is 31.6 Å². The zero-order valence-corrected chi connectivity index (χ0v) is 17.9. The van der Waals surface area contributed by atoms with Crippen molar-refractivity contribution < 1.29 is 14.3 Å². The number of benzene rings is 1. The fourth-order valence-corrected chi connectivity index (χ4v) is 4.13. The number of ether oxygens (including phenoxy) is 2. The van der Waals surface area contributed by atoms with Gasteiger partial charge in [-0.05, 0) is 55.2 Å². The summed E-state index contributed by atoms with van der Waals surface area (Å²) in [5.41, 5.74) is 2.86. The maximum Gasteiger partial charge on any atom is 0.236 e. The highest BCUT2D eigenvalue weighted by Crippen LogP contribution is 2.25. The molecule has 2 aliphatic rings. The highest BCUT2D eigenvalue weighted by atomic mass is 16.5. The van der Waals surface area contributed by atoms with Crippen LogP contribution in [-0.2, 0) is 9.53 Å². The van der Waals surface area contributed by atoms with E-state index in [4.69, 9.17) is 14.5 Å². The van der Waals surface area contributed by atoms with E-state index < -0.39 is 0 Å². The number of amides is 1. The first-order valence-electron chi connectivity index (χ1n) is 10.9. The van der Waals surface area contributed by atoms with Crippen LogP contribution < -0.4 is 4.74 Å². The van der Waals surface area contributed by atoms with Crippen LogP contribution in [-0.4, -0.2) is 67.1 Å². The lowest BCUT2D eigenvalue weighted by Gasteiger charge is -2.35. The quantitative estimate of drug-likeness (QED) is 0.758. The number of piperidine rings is 1. The van der Waals surface area contributed by atoms with Gasteiger partial charge in [0.1, 0.15) is 11.9 Å². The number of morpholine rings is 1. The van der Waals surface area contributed by atoms with Gasteiger partial charge in [0, 0.05) is 31.7 Å². The molecule has 1 unspecified atom stereocenters. The Kier molecular flexibility index (Phi) is 6.65. The molecule has 1 amide bonds. The molecular formula is C24H31N3O3. The van der Waals surface area contributed by atoms with E-state index in [0.29, 0.717) is 19.7 Å². The predicted molar refractivity (Wildman–Crippen MR) is 116 cm³/mol. The first-order valence-corrected chi connectivity index (χ1v) is 10.9. The molecule has 2 saturated heterocycles. The second-order valence-electron chi connectivity index (χ2n) is 8.33. The maximum absolute atomic E-state index is 12.7. The molecule has 0 radical (unpaired) electrons. The number of hydrogen-bond acceptors (Lipinski definition) is 5. The number of pyridine rings is 1. The second-order valence-corrected chi connectivity index (χ2v) is 8.33. The molecule has 30 heavy (non-hydrogen) atoms. The van der Waals surface area contributed by atoms with Gasteiger partial charge in [-0.15, -0.1) is 0 Å². The van der Waals surface area contributed by atoms with E-state index in [0.717, 1.165) is 61.1 Å². The second kappa shape index (κ2) is 9.58. The summed E-state index contributed by atoms with van der Waals surface area (Å²) in [7, 11) is 1.66. The lowest BCUT2D eigenvalue weighted by atomic mass is 9.99. The summed E-state index contributed by atoms with van der Waals surface area (Å²) in [6.45, 7) is 6.59. The minimum absolute atomic E-state index is 0.119. The lowest BCUT2D eigenvalue weighted by molar-refractivity contribution is -0.135. The molecule has 0 bridgehead atoms. The Hall–Kier alpha value is -2.44. The highest BCUT2D eigenvalue weighted by Gasteiger charge is 2.27. The van der Waals surface area contributed by atoms with Crippen molar-refractivity contribution in [2.75, 3.05) is 46.4 Å². The van der Waals surface area contributed by atoms with Crippen LogP contribution in [0, 0.1) is 5.92 Å². The molecule has 4 rings (SSSR count). The molecule has 2 fully saturated rings. The van der Waals surface area contributed by atoms with Crippen LogP contribution in [0.25, 0.3) is 11.3 Å². The normalized spacial score (nSPS) is 20.9. The zero-order valence-electron chi connectivity index (χ0n) is 17.9. The zero-order chi connectivity index (χ0) is 20.9. The number of nitrogens with zero attached hydrogens (tertiary/aromatic N) is 3. The number of methoxy groups -OCH3 is 1. The van der Waals surface area contributed by atoms with E-state index in [1.165, 1.54) is 0 Å². The third-order valence-electron chi connectivity index (χ3n) is 6.13. The summed E-state index contributed by atoms with van der Waals surface area (Å²) >= 11 is 0. The van der Waals surface area contributed by atoms with Gasteiger partial charge in [0.05, 0.1) is 31.6 Å². The first-order chi connectivity index (χ1) is 14.6. The fourth-order valence-electron chi connectivity index (χ4n) is 4.13. The number of carbonyl (C=O) groups is 1.